The summed E-state index contributed by atoms with van der Waals surface area (Å²) in [4.78, 5) is 42.1. The number of ether oxygens (including phenoxy) is 1. The molecule has 18 heavy (non-hydrogen) atoms. The molecule has 10 heteroatoms. The fourth-order valence-corrected chi connectivity index (χ4v) is 1.31. The fraction of sp³-hybridized carbons (Fsp3) is 0.250. The largest absolute Gasteiger partial charge is 0.464 e. The molecule has 0 unspecified atom stereocenters. The van der Waals surface area contributed by atoms with Gasteiger partial charge in [-0.05, 0) is 0 Å². The topological polar surface area (TPSA) is 135 Å². The van der Waals surface area contributed by atoms with E-state index >= 15 is 0 Å². The molecule has 0 aliphatic heterocycles. The van der Waals surface area contributed by atoms with E-state index in [1.807, 2.05) is 0 Å². The minimum atomic E-state index is -1.13. The molecule has 0 amide bonds. The van der Waals surface area contributed by atoms with Gasteiger partial charge in [0.2, 0.25) is 5.69 Å². The number of esters is 1. The van der Waals surface area contributed by atoms with Gasteiger partial charge in [0, 0.05) is 7.05 Å². The third kappa shape index (κ3) is 2.03. The molecule has 0 bridgehead atoms. The first-order chi connectivity index (χ1) is 8.31. The monoisotopic (exact) mass is 257 g/mol. The highest BCUT2D eigenvalue weighted by atomic mass is 16.6. The summed E-state index contributed by atoms with van der Waals surface area (Å²) < 4.78 is 4.81. The first-order valence-corrected chi connectivity index (χ1v) is 4.42. The molecule has 96 valence electrons. The predicted molar refractivity (Wildman–Crippen MR) is 56.3 cm³/mol. The molecule has 0 fully saturated rings. The Bertz CT molecular complexity index is 603. The summed E-state index contributed by atoms with van der Waals surface area (Å²) in [6.07, 6.45) is 0. The van der Waals surface area contributed by atoms with Crippen molar-refractivity contribution < 1.29 is 19.4 Å². The number of pyridine rings is 1. The standard InChI is InChI=1S/C8H7N3O7/c1-9-6(8(13)18-2)4(10(14)15)3-5(7(9)12)11(16)17/h3H,1-2H3. The lowest BCUT2D eigenvalue weighted by atomic mass is 10.2. The van der Waals surface area contributed by atoms with E-state index in [-0.39, 0.29) is 0 Å². The summed E-state index contributed by atoms with van der Waals surface area (Å²) >= 11 is 0. The van der Waals surface area contributed by atoms with Crippen molar-refractivity contribution in [1.29, 1.82) is 0 Å². The summed E-state index contributed by atoms with van der Waals surface area (Å²) in [6.45, 7) is 0. The van der Waals surface area contributed by atoms with E-state index in [0.29, 0.717) is 10.6 Å². The van der Waals surface area contributed by atoms with Gasteiger partial charge in [-0.3, -0.25) is 29.6 Å². The Kier molecular flexibility index (Phi) is 3.40. The lowest BCUT2D eigenvalue weighted by molar-refractivity contribution is -0.396. The Labute approximate surface area is 98.7 Å². The van der Waals surface area contributed by atoms with Crippen LogP contribution in [0.2, 0.25) is 0 Å². The van der Waals surface area contributed by atoms with Crippen LogP contribution in [-0.4, -0.2) is 27.5 Å². The van der Waals surface area contributed by atoms with Crippen molar-refractivity contribution in [2.24, 2.45) is 7.05 Å². The number of methoxy groups -OCH3 is 1. The fourth-order valence-electron chi connectivity index (χ4n) is 1.31. The first kappa shape index (κ1) is 13.3. The molecule has 10 nitrogen and oxygen atoms in total. The zero-order valence-electron chi connectivity index (χ0n) is 9.28. The normalized spacial score (nSPS) is 9.89. The highest BCUT2D eigenvalue weighted by Gasteiger charge is 2.31. The SMILES string of the molecule is COC(=O)c1c([N+](=O)[O-])cc([N+](=O)[O-])c(=O)n1C. The molecule has 0 N–H and O–H groups in total. The number of carbonyl (C=O) groups excluding carboxylic acids is 1. The van der Waals surface area contributed by atoms with Crippen molar-refractivity contribution in [3.63, 3.8) is 0 Å². The van der Waals surface area contributed by atoms with Gasteiger partial charge in [-0.1, -0.05) is 0 Å². The van der Waals surface area contributed by atoms with E-state index in [1.54, 1.807) is 0 Å². The van der Waals surface area contributed by atoms with Crippen molar-refractivity contribution in [3.05, 3.63) is 42.3 Å². The van der Waals surface area contributed by atoms with Crippen LogP contribution in [-0.2, 0) is 11.8 Å². The van der Waals surface area contributed by atoms with Gasteiger partial charge in [0.05, 0.1) is 17.0 Å². The van der Waals surface area contributed by atoms with Crippen molar-refractivity contribution in [2.45, 2.75) is 0 Å². The van der Waals surface area contributed by atoms with Crippen molar-refractivity contribution >= 4 is 17.3 Å². The second-order valence-corrected chi connectivity index (χ2v) is 3.13. The van der Waals surface area contributed by atoms with E-state index in [9.17, 15) is 29.8 Å². The second-order valence-electron chi connectivity index (χ2n) is 3.13. The molecule has 0 aliphatic rings. The van der Waals surface area contributed by atoms with Crippen molar-refractivity contribution in [1.82, 2.24) is 4.57 Å². The average Bonchev–Trinajstić information content (AvgIpc) is 2.30. The number of aromatic nitrogens is 1. The summed E-state index contributed by atoms with van der Waals surface area (Å²) in [5, 5.41) is 21.3. The van der Waals surface area contributed by atoms with Gasteiger partial charge in [0.15, 0.2) is 0 Å². The maximum absolute atomic E-state index is 11.5. The van der Waals surface area contributed by atoms with Crippen LogP contribution in [0.25, 0.3) is 0 Å². The van der Waals surface area contributed by atoms with Gasteiger partial charge < -0.3 is 4.74 Å². The molecule has 0 saturated heterocycles. The Balaban J connectivity index is 3.77. The van der Waals surface area contributed by atoms with Gasteiger partial charge in [-0.2, -0.15) is 0 Å². The van der Waals surface area contributed by atoms with Crippen LogP contribution in [0.15, 0.2) is 10.9 Å². The van der Waals surface area contributed by atoms with Gasteiger partial charge in [0.25, 0.3) is 0 Å². The van der Waals surface area contributed by atoms with Crippen molar-refractivity contribution in [3.8, 4) is 0 Å². The van der Waals surface area contributed by atoms with Gasteiger partial charge in [-0.25, -0.2) is 4.79 Å². The summed E-state index contributed by atoms with van der Waals surface area (Å²) in [5.74, 6) is -1.13. The minimum absolute atomic E-state index is 0.439. The van der Waals surface area contributed by atoms with Crippen LogP contribution < -0.4 is 5.56 Å². The zero-order valence-corrected chi connectivity index (χ0v) is 9.28. The number of hydrogen-bond donors (Lipinski definition) is 0. The number of rotatable bonds is 3. The lowest BCUT2D eigenvalue weighted by Gasteiger charge is -2.06. The third-order valence-corrected chi connectivity index (χ3v) is 2.15. The number of nitro groups is 2. The van der Waals surface area contributed by atoms with E-state index in [4.69, 9.17) is 0 Å². The molecule has 1 aromatic heterocycles. The molecule has 1 aromatic rings. The molecular weight excluding hydrogens is 250 g/mol. The van der Waals surface area contributed by atoms with Gasteiger partial charge in [-0.15, -0.1) is 0 Å². The molecule has 0 radical (unpaired) electrons. The van der Waals surface area contributed by atoms with Crippen molar-refractivity contribution in [2.75, 3.05) is 7.11 Å². The van der Waals surface area contributed by atoms with Gasteiger partial charge >= 0.3 is 22.9 Å². The predicted octanol–water partition coefficient (Wildman–Crippen LogP) is -0.0117. The molecule has 1 heterocycles. The van der Waals surface area contributed by atoms with Crippen LogP contribution in [0.3, 0.4) is 0 Å². The van der Waals surface area contributed by atoms with E-state index in [0.717, 1.165) is 14.2 Å². The highest BCUT2D eigenvalue weighted by Crippen LogP contribution is 2.21. The Hall–Kier alpha value is -2.78. The smallest absolute Gasteiger partial charge is 0.362 e. The Morgan fingerprint density at radius 2 is 1.78 bits per heavy atom. The van der Waals surface area contributed by atoms with Crippen LogP contribution >= 0.6 is 0 Å². The maximum Gasteiger partial charge on any atom is 0.362 e. The number of carbonyl (C=O) groups is 1. The van der Waals surface area contributed by atoms with Gasteiger partial charge in [0.1, 0.15) is 6.07 Å². The lowest BCUT2D eigenvalue weighted by Crippen LogP contribution is -2.27. The highest BCUT2D eigenvalue weighted by molar-refractivity contribution is 5.92. The molecule has 0 aliphatic carbocycles. The number of hydrogen-bond acceptors (Lipinski definition) is 7. The third-order valence-electron chi connectivity index (χ3n) is 2.15. The summed E-state index contributed by atoms with van der Waals surface area (Å²) in [5.41, 5.74) is -3.64. The molecule has 0 atom stereocenters. The quantitative estimate of drug-likeness (QED) is 0.422. The van der Waals surface area contributed by atoms with Crippen LogP contribution in [0.5, 0.6) is 0 Å². The summed E-state index contributed by atoms with van der Waals surface area (Å²) in [7, 11) is 1.98. The molecule has 0 spiro atoms. The van der Waals surface area contributed by atoms with E-state index < -0.39 is 38.4 Å². The van der Waals surface area contributed by atoms with Crippen LogP contribution in [0.1, 0.15) is 10.5 Å². The Morgan fingerprint density at radius 3 is 2.17 bits per heavy atom. The molecule has 0 aromatic carbocycles. The molecular formula is C8H7N3O7. The first-order valence-electron chi connectivity index (χ1n) is 4.42. The molecule has 1 rings (SSSR count). The van der Waals surface area contributed by atoms with Crippen LogP contribution in [0, 0.1) is 20.2 Å². The van der Waals surface area contributed by atoms with Crippen LogP contribution in [0.4, 0.5) is 11.4 Å². The number of nitrogens with zero attached hydrogens (tertiary/aromatic N) is 3. The van der Waals surface area contributed by atoms with E-state index in [2.05, 4.69) is 4.74 Å². The minimum Gasteiger partial charge on any atom is -0.464 e. The maximum atomic E-state index is 11.5. The average molecular weight is 257 g/mol. The summed E-state index contributed by atoms with van der Waals surface area (Å²) in [6, 6.07) is 0.439. The van der Waals surface area contributed by atoms with E-state index in [1.165, 1.54) is 0 Å². The zero-order chi connectivity index (χ0) is 14.0. The second kappa shape index (κ2) is 4.61. The molecule has 0 saturated carbocycles. The Morgan fingerprint density at radius 1 is 1.28 bits per heavy atom.